The summed E-state index contributed by atoms with van der Waals surface area (Å²) < 4.78 is 0. The second kappa shape index (κ2) is 5.88. The van der Waals surface area contributed by atoms with E-state index < -0.39 is 0 Å². The Balaban J connectivity index is 1.78. The van der Waals surface area contributed by atoms with E-state index >= 15 is 0 Å². The number of benzene rings is 1. The predicted octanol–water partition coefficient (Wildman–Crippen LogP) is 2.81. The van der Waals surface area contributed by atoms with Crippen molar-refractivity contribution in [3.05, 3.63) is 35.4 Å². The van der Waals surface area contributed by atoms with E-state index in [2.05, 4.69) is 23.4 Å². The van der Waals surface area contributed by atoms with Crippen molar-refractivity contribution in [2.75, 3.05) is 13.1 Å². The highest BCUT2D eigenvalue weighted by molar-refractivity contribution is 5.90. The molecule has 1 aliphatic heterocycles. The number of rotatable bonds is 1. The predicted molar refractivity (Wildman–Crippen MR) is 81.7 cm³/mol. The molecule has 21 heavy (non-hydrogen) atoms. The van der Waals surface area contributed by atoms with Gasteiger partial charge in [-0.3, -0.25) is 4.79 Å². The molecule has 0 aromatic heterocycles. The van der Waals surface area contributed by atoms with E-state index in [1.54, 1.807) is 0 Å². The molecule has 4 nitrogen and oxygen atoms in total. The molecule has 2 atom stereocenters. The summed E-state index contributed by atoms with van der Waals surface area (Å²) in [5.41, 5.74) is 3.34. The van der Waals surface area contributed by atoms with Crippen LogP contribution in [0.5, 0.6) is 0 Å². The molecule has 1 saturated heterocycles. The summed E-state index contributed by atoms with van der Waals surface area (Å²) in [6.07, 6.45) is 3.79. The van der Waals surface area contributed by atoms with Crippen molar-refractivity contribution in [2.45, 2.75) is 38.5 Å². The maximum atomic E-state index is 12.9. The van der Waals surface area contributed by atoms with E-state index in [-0.39, 0.29) is 17.7 Å². The van der Waals surface area contributed by atoms with Gasteiger partial charge in [0.25, 0.3) is 0 Å². The fourth-order valence-corrected chi connectivity index (χ4v) is 3.60. The van der Waals surface area contributed by atoms with Gasteiger partial charge in [-0.05, 0) is 30.4 Å². The van der Waals surface area contributed by atoms with Gasteiger partial charge in [-0.2, -0.15) is 0 Å². The molecule has 0 radical (unpaired) electrons. The Morgan fingerprint density at radius 2 is 2.14 bits per heavy atom. The highest BCUT2D eigenvalue weighted by atomic mass is 16.4. The second-order valence-corrected chi connectivity index (χ2v) is 6.17. The van der Waals surface area contributed by atoms with Crippen molar-refractivity contribution in [3.63, 3.8) is 0 Å². The molecule has 0 saturated carbocycles. The molecule has 4 heteroatoms. The minimum atomic E-state index is 0.00904. The molecule has 1 aromatic carbocycles. The maximum absolute atomic E-state index is 12.9. The molecule has 1 amide bonds. The van der Waals surface area contributed by atoms with Gasteiger partial charge < -0.3 is 10.1 Å². The number of hydrogen-bond donors (Lipinski definition) is 1. The lowest BCUT2D eigenvalue weighted by atomic mass is 9.81. The number of amides is 1. The highest BCUT2D eigenvalue weighted by Gasteiger charge is 2.33. The largest absolute Gasteiger partial charge is 0.411 e. The zero-order chi connectivity index (χ0) is 14.8. The summed E-state index contributed by atoms with van der Waals surface area (Å²) in [6, 6.07) is 8.33. The maximum Gasteiger partial charge on any atom is 0.230 e. The summed E-state index contributed by atoms with van der Waals surface area (Å²) in [5.74, 6) is 0.396. The smallest absolute Gasteiger partial charge is 0.230 e. The van der Waals surface area contributed by atoms with Crippen molar-refractivity contribution in [1.82, 2.24) is 4.90 Å². The first kappa shape index (κ1) is 14.1. The lowest BCUT2D eigenvalue weighted by Crippen LogP contribution is -2.45. The topological polar surface area (TPSA) is 52.9 Å². The molecule has 112 valence electrons. The zero-order valence-electron chi connectivity index (χ0n) is 12.5. The molecule has 0 bridgehead atoms. The zero-order valence-corrected chi connectivity index (χ0v) is 12.5. The first-order valence-corrected chi connectivity index (χ1v) is 7.78. The van der Waals surface area contributed by atoms with Gasteiger partial charge in [-0.25, -0.2) is 0 Å². The van der Waals surface area contributed by atoms with E-state index in [4.69, 9.17) is 5.21 Å². The number of fused-ring (bicyclic) bond motifs is 1. The fourth-order valence-electron chi connectivity index (χ4n) is 3.60. The molecule has 1 N–H and O–H groups in total. The molecule has 1 aliphatic carbocycles. The van der Waals surface area contributed by atoms with Crippen LogP contribution in [0.2, 0.25) is 0 Å². The fraction of sp³-hybridized carbons (Fsp3) is 0.529. The van der Waals surface area contributed by atoms with E-state index in [0.29, 0.717) is 19.5 Å². The minimum Gasteiger partial charge on any atom is -0.411 e. The van der Waals surface area contributed by atoms with Crippen molar-refractivity contribution in [3.8, 4) is 0 Å². The number of aryl methyl sites for hydroxylation is 1. The number of oxime groups is 1. The minimum absolute atomic E-state index is 0.00904. The van der Waals surface area contributed by atoms with E-state index in [9.17, 15) is 4.79 Å². The molecule has 2 aliphatic rings. The summed E-state index contributed by atoms with van der Waals surface area (Å²) in [4.78, 5) is 14.8. The van der Waals surface area contributed by atoms with Gasteiger partial charge in [-0.1, -0.05) is 36.3 Å². The van der Waals surface area contributed by atoms with Gasteiger partial charge in [-0.15, -0.1) is 0 Å². The third kappa shape index (κ3) is 2.67. The second-order valence-electron chi connectivity index (χ2n) is 6.17. The molecule has 0 spiro atoms. The summed E-state index contributed by atoms with van der Waals surface area (Å²) in [6.45, 7) is 3.35. The SMILES string of the molecule is CC1CN(C(=O)C2CCCc3ccccc32)CC/C1=N\O. The Kier molecular flexibility index (Phi) is 3.95. The number of carbonyl (C=O) groups excluding carboxylic acids is 1. The number of carbonyl (C=O) groups is 1. The van der Waals surface area contributed by atoms with Crippen LogP contribution in [-0.4, -0.2) is 34.8 Å². The van der Waals surface area contributed by atoms with Crippen LogP contribution in [0, 0.1) is 5.92 Å². The van der Waals surface area contributed by atoms with Crippen LogP contribution in [0.25, 0.3) is 0 Å². The normalized spacial score (nSPS) is 27.5. The van der Waals surface area contributed by atoms with E-state index in [1.165, 1.54) is 11.1 Å². The number of hydrogen-bond acceptors (Lipinski definition) is 3. The third-order valence-electron chi connectivity index (χ3n) is 4.81. The van der Waals surface area contributed by atoms with Crippen LogP contribution in [0.15, 0.2) is 29.4 Å². The average molecular weight is 286 g/mol. The molecular formula is C17H22N2O2. The molecule has 2 unspecified atom stereocenters. The van der Waals surface area contributed by atoms with E-state index in [0.717, 1.165) is 25.0 Å². The Bertz CT molecular complexity index is 568. The highest BCUT2D eigenvalue weighted by Crippen LogP contribution is 2.33. The first-order chi connectivity index (χ1) is 10.2. The van der Waals surface area contributed by atoms with Gasteiger partial charge in [0.2, 0.25) is 5.91 Å². The Morgan fingerprint density at radius 3 is 2.90 bits per heavy atom. The lowest BCUT2D eigenvalue weighted by Gasteiger charge is -2.35. The number of piperidine rings is 1. The summed E-state index contributed by atoms with van der Waals surface area (Å²) in [5, 5.41) is 12.3. The number of nitrogens with zero attached hydrogens (tertiary/aromatic N) is 2. The van der Waals surface area contributed by atoms with Gasteiger partial charge >= 0.3 is 0 Å². The molecule has 3 rings (SSSR count). The van der Waals surface area contributed by atoms with Crippen LogP contribution in [0.3, 0.4) is 0 Å². The monoisotopic (exact) mass is 286 g/mol. The average Bonchev–Trinajstić information content (AvgIpc) is 2.53. The standard InChI is InChI=1S/C17H22N2O2/c1-12-11-19(10-9-16(12)18-21)17(20)15-8-4-6-13-5-2-3-7-14(13)15/h2-3,5,7,12,15,21H,4,6,8-11H2,1H3/b18-16+. The molecular weight excluding hydrogens is 264 g/mol. The van der Waals surface area contributed by atoms with Gasteiger partial charge in [0, 0.05) is 25.4 Å². The van der Waals surface area contributed by atoms with Gasteiger partial charge in [0.05, 0.1) is 11.6 Å². The van der Waals surface area contributed by atoms with Crippen molar-refractivity contribution in [1.29, 1.82) is 0 Å². The molecule has 1 heterocycles. The van der Waals surface area contributed by atoms with Crippen LogP contribution >= 0.6 is 0 Å². The van der Waals surface area contributed by atoms with Crippen molar-refractivity contribution in [2.24, 2.45) is 11.1 Å². The Morgan fingerprint density at radius 1 is 1.33 bits per heavy atom. The Labute approximate surface area is 125 Å². The third-order valence-corrected chi connectivity index (χ3v) is 4.81. The van der Waals surface area contributed by atoms with Crippen LogP contribution in [-0.2, 0) is 11.2 Å². The first-order valence-electron chi connectivity index (χ1n) is 7.78. The van der Waals surface area contributed by atoms with Gasteiger partial charge in [0.15, 0.2) is 0 Å². The number of likely N-dealkylation sites (tertiary alicyclic amines) is 1. The summed E-state index contributed by atoms with van der Waals surface area (Å²) >= 11 is 0. The summed E-state index contributed by atoms with van der Waals surface area (Å²) in [7, 11) is 0. The van der Waals surface area contributed by atoms with E-state index in [1.807, 2.05) is 17.9 Å². The quantitative estimate of drug-likeness (QED) is 0.637. The lowest BCUT2D eigenvalue weighted by molar-refractivity contribution is -0.133. The van der Waals surface area contributed by atoms with Gasteiger partial charge in [0.1, 0.15) is 0 Å². The van der Waals surface area contributed by atoms with Crippen LogP contribution in [0.1, 0.15) is 43.2 Å². The van der Waals surface area contributed by atoms with Crippen LogP contribution in [0.4, 0.5) is 0 Å². The van der Waals surface area contributed by atoms with Crippen LogP contribution < -0.4 is 0 Å². The molecule has 1 aromatic rings. The van der Waals surface area contributed by atoms with Crippen molar-refractivity contribution < 1.29 is 10.0 Å². The van der Waals surface area contributed by atoms with Crippen molar-refractivity contribution >= 4 is 11.6 Å². The molecule has 1 fully saturated rings. The Hall–Kier alpha value is -1.84.